The summed E-state index contributed by atoms with van der Waals surface area (Å²) in [7, 11) is 0.223. The van der Waals surface area contributed by atoms with E-state index in [2.05, 4.69) is 5.32 Å². The van der Waals surface area contributed by atoms with Crippen LogP contribution in [0.4, 0.5) is 5.69 Å². The number of nitrogens with one attached hydrogen (secondary N) is 1. The molecule has 19 heavy (non-hydrogen) atoms. The molecule has 2 aromatic rings. The second kappa shape index (κ2) is 6.27. The van der Waals surface area contributed by atoms with E-state index in [1.54, 1.807) is 19.2 Å². The molecule has 0 fully saturated rings. The van der Waals surface area contributed by atoms with E-state index in [-0.39, 0.29) is 0 Å². The average Bonchev–Trinajstić information content (AvgIpc) is 2.46. The van der Waals surface area contributed by atoms with Gasteiger partial charge in [0.15, 0.2) is 0 Å². The molecule has 0 saturated carbocycles. The minimum Gasteiger partial charge on any atom is -0.497 e. The van der Waals surface area contributed by atoms with Crippen molar-refractivity contribution in [1.82, 2.24) is 0 Å². The molecule has 0 saturated heterocycles. The molecule has 0 aliphatic rings. The lowest BCUT2D eigenvalue weighted by molar-refractivity contribution is 0.414. The van der Waals surface area contributed by atoms with Crippen LogP contribution in [0, 0.1) is 0 Å². The van der Waals surface area contributed by atoms with Crippen LogP contribution in [0.5, 0.6) is 5.75 Å². The molecule has 0 aromatic heterocycles. The van der Waals surface area contributed by atoms with E-state index < -0.39 is 7.12 Å². The van der Waals surface area contributed by atoms with Crippen molar-refractivity contribution >= 4 is 18.3 Å². The number of hydrogen-bond acceptors (Lipinski definition) is 4. The lowest BCUT2D eigenvalue weighted by atomic mass is 9.80. The predicted molar refractivity (Wildman–Crippen MR) is 76.6 cm³/mol. The number of benzene rings is 2. The highest BCUT2D eigenvalue weighted by atomic mass is 16.5. The Bertz CT molecular complexity index is 511. The molecule has 2 aromatic carbocycles. The maximum absolute atomic E-state index is 9.00. The smallest absolute Gasteiger partial charge is 0.488 e. The summed E-state index contributed by atoms with van der Waals surface area (Å²) >= 11 is 0. The molecule has 2 rings (SSSR count). The molecule has 4 nitrogen and oxygen atoms in total. The van der Waals surface area contributed by atoms with Crippen LogP contribution in [0.25, 0.3) is 0 Å². The third-order valence-corrected chi connectivity index (χ3v) is 2.86. The van der Waals surface area contributed by atoms with Gasteiger partial charge in [0.1, 0.15) is 5.75 Å². The van der Waals surface area contributed by atoms with Crippen molar-refractivity contribution in [3.05, 3.63) is 54.1 Å². The van der Waals surface area contributed by atoms with Gasteiger partial charge in [0.25, 0.3) is 0 Å². The highest BCUT2D eigenvalue weighted by molar-refractivity contribution is 6.58. The number of anilines is 1. The largest absolute Gasteiger partial charge is 0.497 e. The van der Waals surface area contributed by atoms with Crippen LogP contribution >= 0.6 is 0 Å². The van der Waals surface area contributed by atoms with Crippen molar-refractivity contribution in [2.75, 3.05) is 12.4 Å². The molecule has 0 radical (unpaired) electrons. The van der Waals surface area contributed by atoms with Crippen molar-refractivity contribution in [2.45, 2.75) is 6.54 Å². The Morgan fingerprint density at radius 3 is 2.16 bits per heavy atom. The Labute approximate surface area is 112 Å². The summed E-state index contributed by atoms with van der Waals surface area (Å²) < 4.78 is 5.10. The minimum atomic E-state index is -1.42. The Hall–Kier alpha value is -1.98. The zero-order chi connectivity index (χ0) is 13.7. The summed E-state index contributed by atoms with van der Waals surface area (Å²) in [6.07, 6.45) is 0. The third-order valence-electron chi connectivity index (χ3n) is 2.86. The van der Waals surface area contributed by atoms with Crippen molar-refractivity contribution in [3.8, 4) is 5.75 Å². The second-order valence-electron chi connectivity index (χ2n) is 4.20. The normalized spacial score (nSPS) is 10.1. The molecule has 0 amide bonds. The Morgan fingerprint density at radius 1 is 1.00 bits per heavy atom. The molecule has 98 valence electrons. The zero-order valence-electron chi connectivity index (χ0n) is 10.7. The van der Waals surface area contributed by atoms with Crippen LogP contribution in [-0.2, 0) is 6.54 Å². The first-order chi connectivity index (χ1) is 9.19. The van der Waals surface area contributed by atoms with Gasteiger partial charge in [-0.2, -0.15) is 0 Å². The Morgan fingerprint density at radius 2 is 1.63 bits per heavy atom. The van der Waals surface area contributed by atoms with Gasteiger partial charge in [-0.3, -0.25) is 0 Å². The monoisotopic (exact) mass is 257 g/mol. The van der Waals surface area contributed by atoms with Crippen LogP contribution < -0.4 is 15.5 Å². The lowest BCUT2D eigenvalue weighted by Crippen LogP contribution is -2.29. The summed E-state index contributed by atoms with van der Waals surface area (Å²) in [5.74, 6) is 0.838. The summed E-state index contributed by atoms with van der Waals surface area (Å²) in [6.45, 7) is 0.699. The van der Waals surface area contributed by atoms with Crippen molar-refractivity contribution in [2.24, 2.45) is 0 Å². The van der Waals surface area contributed by atoms with Crippen molar-refractivity contribution < 1.29 is 14.8 Å². The SMILES string of the molecule is COc1ccc(CNc2ccc(B(O)O)cc2)cc1. The molecule has 3 N–H and O–H groups in total. The lowest BCUT2D eigenvalue weighted by Gasteiger charge is -2.08. The van der Waals surface area contributed by atoms with Crippen LogP contribution in [0.2, 0.25) is 0 Å². The Balaban J connectivity index is 1.94. The quantitative estimate of drug-likeness (QED) is 0.699. The van der Waals surface area contributed by atoms with E-state index in [4.69, 9.17) is 14.8 Å². The molecule has 0 aliphatic heterocycles. The molecule has 0 spiro atoms. The van der Waals surface area contributed by atoms with Gasteiger partial charge in [0.2, 0.25) is 0 Å². The van der Waals surface area contributed by atoms with Crippen LogP contribution in [0.3, 0.4) is 0 Å². The summed E-state index contributed by atoms with van der Waals surface area (Å²) in [6, 6.07) is 14.8. The van der Waals surface area contributed by atoms with E-state index in [1.165, 1.54) is 0 Å². The maximum Gasteiger partial charge on any atom is 0.488 e. The highest BCUT2D eigenvalue weighted by Gasteiger charge is 2.09. The first kappa shape index (κ1) is 13.5. The average molecular weight is 257 g/mol. The van der Waals surface area contributed by atoms with E-state index in [0.29, 0.717) is 12.0 Å². The Kier molecular flexibility index (Phi) is 4.44. The summed E-state index contributed by atoms with van der Waals surface area (Å²) in [5, 5.41) is 21.3. The van der Waals surface area contributed by atoms with Crippen LogP contribution in [0.15, 0.2) is 48.5 Å². The van der Waals surface area contributed by atoms with Crippen molar-refractivity contribution in [1.29, 1.82) is 0 Å². The zero-order valence-corrected chi connectivity index (χ0v) is 10.7. The second-order valence-corrected chi connectivity index (χ2v) is 4.20. The summed E-state index contributed by atoms with van der Waals surface area (Å²) in [5.41, 5.74) is 2.56. The highest BCUT2D eigenvalue weighted by Crippen LogP contribution is 2.13. The minimum absolute atomic E-state index is 0.481. The molecular formula is C14H16BNO3. The van der Waals surface area contributed by atoms with E-state index in [0.717, 1.165) is 17.0 Å². The molecule has 5 heteroatoms. The molecule has 0 bridgehead atoms. The van der Waals surface area contributed by atoms with Gasteiger partial charge < -0.3 is 20.1 Å². The fraction of sp³-hybridized carbons (Fsp3) is 0.143. The standard InChI is InChI=1S/C14H16BNO3/c1-19-14-8-2-11(3-9-14)10-16-13-6-4-12(5-7-13)15(17)18/h2-9,16-18H,10H2,1H3. The fourth-order valence-electron chi connectivity index (χ4n) is 1.72. The topological polar surface area (TPSA) is 61.7 Å². The maximum atomic E-state index is 9.00. The van der Waals surface area contributed by atoms with Gasteiger partial charge in [-0.15, -0.1) is 0 Å². The van der Waals surface area contributed by atoms with Gasteiger partial charge >= 0.3 is 7.12 Å². The van der Waals surface area contributed by atoms with Gasteiger partial charge in [-0.1, -0.05) is 24.3 Å². The molecule has 0 heterocycles. The molecular weight excluding hydrogens is 241 g/mol. The molecule has 0 atom stereocenters. The van der Waals surface area contributed by atoms with Gasteiger partial charge in [-0.05, 0) is 35.3 Å². The number of ether oxygens (including phenoxy) is 1. The first-order valence-electron chi connectivity index (χ1n) is 6.02. The van der Waals surface area contributed by atoms with Crippen LogP contribution in [-0.4, -0.2) is 24.3 Å². The van der Waals surface area contributed by atoms with E-state index in [9.17, 15) is 0 Å². The number of methoxy groups -OCH3 is 1. The summed E-state index contributed by atoms with van der Waals surface area (Å²) in [4.78, 5) is 0. The number of rotatable bonds is 5. The van der Waals surface area contributed by atoms with Crippen LogP contribution in [0.1, 0.15) is 5.56 Å². The molecule has 0 aliphatic carbocycles. The van der Waals surface area contributed by atoms with E-state index >= 15 is 0 Å². The van der Waals surface area contributed by atoms with Gasteiger partial charge in [-0.25, -0.2) is 0 Å². The third kappa shape index (κ3) is 3.74. The van der Waals surface area contributed by atoms with Crippen molar-refractivity contribution in [3.63, 3.8) is 0 Å². The molecule has 0 unspecified atom stereocenters. The van der Waals surface area contributed by atoms with Gasteiger partial charge in [0.05, 0.1) is 7.11 Å². The fourth-order valence-corrected chi connectivity index (χ4v) is 1.72. The predicted octanol–water partition coefficient (Wildman–Crippen LogP) is 0.987. The van der Waals surface area contributed by atoms with E-state index in [1.807, 2.05) is 36.4 Å². The first-order valence-corrected chi connectivity index (χ1v) is 6.02. The number of hydrogen-bond donors (Lipinski definition) is 3. The van der Waals surface area contributed by atoms with Gasteiger partial charge in [0, 0.05) is 12.2 Å².